The molecule has 0 aliphatic heterocycles. The van der Waals surface area contributed by atoms with Gasteiger partial charge in [0.15, 0.2) is 0 Å². The van der Waals surface area contributed by atoms with Crippen LogP contribution in [0, 0.1) is 6.92 Å². The van der Waals surface area contributed by atoms with Crippen LogP contribution in [0.25, 0.3) is 0 Å². The number of rotatable bonds is 7. The summed E-state index contributed by atoms with van der Waals surface area (Å²) in [6.45, 7) is 7.91. The molecule has 0 saturated heterocycles. The summed E-state index contributed by atoms with van der Waals surface area (Å²) in [6, 6.07) is 12.5. The lowest BCUT2D eigenvalue weighted by atomic mass is 10.0. The highest BCUT2D eigenvalue weighted by atomic mass is 16.5. The fraction of sp³-hybridized carbons (Fsp3) is 0.389. The average molecular weight is 284 g/mol. The largest absolute Gasteiger partial charge is 0.494 e. The molecule has 3 nitrogen and oxygen atoms in total. The molecule has 0 radical (unpaired) electrons. The first-order valence-electron chi connectivity index (χ1n) is 7.63. The van der Waals surface area contributed by atoms with Crippen molar-refractivity contribution in [1.82, 2.24) is 10.3 Å². The Bertz CT molecular complexity index is 569. The first kappa shape index (κ1) is 15.5. The monoisotopic (exact) mass is 284 g/mol. The van der Waals surface area contributed by atoms with E-state index in [9.17, 15) is 0 Å². The number of hydrogen-bond acceptors (Lipinski definition) is 3. The van der Waals surface area contributed by atoms with E-state index < -0.39 is 0 Å². The Morgan fingerprint density at radius 2 is 2.05 bits per heavy atom. The van der Waals surface area contributed by atoms with Gasteiger partial charge in [0, 0.05) is 6.20 Å². The van der Waals surface area contributed by atoms with E-state index in [-0.39, 0.29) is 6.04 Å². The summed E-state index contributed by atoms with van der Waals surface area (Å²) in [5, 5.41) is 3.58. The van der Waals surface area contributed by atoms with E-state index in [0.717, 1.165) is 24.4 Å². The Kier molecular flexibility index (Phi) is 5.76. The third-order valence-electron chi connectivity index (χ3n) is 3.33. The number of aromatic nitrogens is 1. The minimum atomic E-state index is 0.102. The molecule has 21 heavy (non-hydrogen) atoms. The molecular formula is C18H24N2O. The molecule has 3 heteroatoms. The van der Waals surface area contributed by atoms with Gasteiger partial charge in [-0.15, -0.1) is 0 Å². The van der Waals surface area contributed by atoms with Crippen LogP contribution in [-0.4, -0.2) is 18.1 Å². The predicted molar refractivity (Wildman–Crippen MR) is 86.7 cm³/mol. The van der Waals surface area contributed by atoms with Crippen molar-refractivity contribution < 1.29 is 4.74 Å². The zero-order chi connectivity index (χ0) is 15.1. The van der Waals surface area contributed by atoms with Crippen molar-refractivity contribution in [2.75, 3.05) is 13.2 Å². The van der Waals surface area contributed by atoms with Crippen molar-refractivity contribution >= 4 is 0 Å². The van der Waals surface area contributed by atoms with E-state index in [1.54, 1.807) is 0 Å². The Morgan fingerprint density at radius 3 is 2.76 bits per heavy atom. The molecule has 2 rings (SSSR count). The van der Waals surface area contributed by atoms with Crippen LogP contribution in [0.2, 0.25) is 0 Å². The molecule has 1 unspecified atom stereocenters. The predicted octanol–water partition coefficient (Wildman–Crippen LogP) is 3.88. The molecule has 1 aromatic heterocycles. The van der Waals surface area contributed by atoms with Crippen molar-refractivity contribution in [2.45, 2.75) is 33.2 Å². The van der Waals surface area contributed by atoms with E-state index in [0.29, 0.717) is 6.61 Å². The van der Waals surface area contributed by atoms with Gasteiger partial charge in [0.1, 0.15) is 5.75 Å². The molecule has 0 amide bonds. The van der Waals surface area contributed by atoms with Gasteiger partial charge in [-0.25, -0.2) is 0 Å². The van der Waals surface area contributed by atoms with Crippen molar-refractivity contribution in [3.8, 4) is 5.75 Å². The number of nitrogens with zero attached hydrogens (tertiary/aromatic N) is 1. The number of aryl methyl sites for hydroxylation is 1. The molecule has 112 valence electrons. The SMILES string of the molecule is CCCNC(c1cccc(OCC)c1)c1cc(C)ccn1. The van der Waals surface area contributed by atoms with Gasteiger partial charge in [-0.3, -0.25) is 4.98 Å². The Hall–Kier alpha value is -1.87. The van der Waals surface area contributed by atoms with Gasteiger partial charge >= 0.3 is 0 Å². The average Bonchev–Trinajstić information content (AvgIpc) is 2.49. The third-order valence-corrected chi connectivity index (χ3v) is 3.33. The van der Waals surface area contributed by atoms with Crippen LogP contribution < -0.4 is 10.1 Å². The standard InChI is InChI=1S/C18H24N2O/c1-4-10-20-18(17-12-14(3)9-11-19-17)15-7-6-8-16(13-15)21-5-2/h6-9,11-13,18,20H,4-5,10H2,1-3H3. The third kappa shape index (κ3) is 4.30. The first-order valence-corrected chi connectivity index (χ1v) is 7.63. The number of pyridine rings is 1. The normalized spacial score (nSPS) is 12.1. The summed E-state index contributed by atoms with van der Waals surface area (Å²) in [5.41, 5.74) is 3.47. The highest BCUT2D eigenvalue weighted by Gasteiger charge is 2.15. The van der Waals surface area contributed by atoms with E-state index in [2.05, 4.69) is 42.3 Å². The van der Waals surface area contributed by atoms with Crippen LogP contribution in [0.5, 0.6) is 5.75 Å². The molecule has 0 bridgehead atoms. The second-order valence-corrected chi connectivity index (χ2v) is 5.15. The van der Waals surface area contributed by atoms with Gasteiger partial charge in [0.25, 0.3) is 0 Å². The lowest BCUT2D eigenvalue weighted by molar-refractivity contribution is 0.339. The maximum absolute atomic E-state index is 5.61. The highest BCUT2D eigenvalue weighted by Crippen LogP contribution is 2.24. The molecule has 0 saturated carbocycles. The van der Waals surface area contributed by atoms with Crippen molar-refractivity contribution in [2.24, 2.45) is 0 Å². The fourth-order valence-electron chi connectivity index (χ4n) is 2.35. The second-order valence-electron chi connectivity index (χ2n) is 5.15. The number of benzene rings is 1. The number of ether oxygens (including phenoxy) is 1. The van der Waals surface area contributed by atoms with Crippen molar-refractivity contribution in [1.29, 1.82) is 0 Å². The number of nitrogens with one attached hydrogen (secondary N) is 1. The maximum Gasteiger partial charge on any atom is 0.119 e. The van der Waals surface area contributed by atoms with Gasteiger partial charge in [0.05, 0.1) is 18.3 Å². The van der Waals surface area contributed by atoms with Gasteiger partial charge in [-0.05, 0) is 62.2 Å². The molecule has 1 aromatic carbocycles. The fourth-order valence-corrected chi connectivity index (χ4v) is 2.35. The van der Waals surface area contributed by atoms with E-state index >= 15 is 0 Å². The lowest BCUT2D eigenvalue weighted by Crippen LogP contribution is -2.24. The minimum Gasteiger partial charge on any atom is -0.494 e. The maximum atomic E-state index is 5.61. The van der Waals surface area contributed by atoms with Crippen molar-refractivity contribution in [3.63, 3.8) is 0 Å². The van der Waals surface area contributed by atoms with Crippen LogP contribution in [0.1, 0.15) is 43.1 Å². The highest BCUT2D eigenvalue weighted by molar-refractivity contribution is 5.35. The molecule has 1 N–H and O–H groups in total. The minimum absolute atomic E-state index is 0.102. The summed E-state index contributed by atoms with van der Waals surface area (Å²) in [7, 11) is 0. The topological polar surface area (TPSA) is 34.1 Å². The van der Waals surface area contributed by atoms with Crippen LogP contribution in [0.4, 0.5) is 0 Å². The zero-order valence-corrected chi connectivity index (χ0v) is 13.1. The Balaban J connectivity index is 2.33. The van der Waals surface area contributed by atoms with Gasteiger partial charge < -0.3 is 10.1 Å². The molecule has 0 fully saturated rings. The molecular weight excluding hydrogens is 260 g/mol. The zero-order valence-electron chi connectivity index (χ0n) is 13.1. The molecule has 0 aliphatic carbocycles. The van der Waals surface area contributed by atoms with Gasteiger partial charge in [0.2, 0.25) is 0 Å². The summed E-state index contributed by atoms with van der Waals surface area (Å²) in [5.74, 6) is 0.908. The molecule has 1 heterocycles. The molecule has 0 aliphatic rings. The Morgan fingerprint density at radius 1 is 1.19 bits per heavy atom. The smallest absolute Gasteiger partial charge is 0.119 e. The number of hydrogen-bond donors (Lipinski definition) is 1. The second kappa shape index (κ2) is 7.79. The van der Waals surface area contributed by atoms with Crippen LogP contribution in [-0.2, 0) is 0 Å². The summed E-state index contributed by atoms with van der Waals surface area (Å²) in [4.78, 5) is 4.54. The molecule has 1 atom stereocenters. The van der Waals surface area contributed by atoms with Crippen LogP contribution >= 0.6 is 0 Å². The van der Waals surface area contributed by atoms with Crippen LogP contribution in [0.15, 0.2) is 42.6 Å². The van der Waals surface area contributed by atoms with Crippen LogP contribution in [0.3, 0.4) is 0 Å². The van der Waals surface area contributed by atoms with E-state index in [1.165, 1.54) is 11.1 Å². The quantitative estimate of drug-likeness (QED) is 0.838. The molecule has 2 aromatic rings. The van der Waals surface area contributed by atoms with Crippen molar-refractivity contribution in [3.05, 3.63) is 59.4 Å². The van der Waals surface area contributed by atoms with Gasteiger partial charge in [-0.1, -0.05) is 19.1 Å². The first-order chi connectivity index (χ1) is 10.2. The molecule has 0 spiro atoms. The summed E-state index contributed by atoms with van der Waals surface area (Å²) >= 11 is 0. The van der Waals surface area contributed by atoms with E-state index in [4.69, 9.17) is 4.74 Å². The lowest BCUT2D eigenvalue weighted by Gasteiger charge is -2.19. The van der Waals surface area contributed by atoms with E-state index in [1.807, 2.05) is 31.3 Å². The summed E-state index contributed by atoms with van der Waals surface area (Å²) < 4.78 is 5.61. The Labute approximate surface area is 127 Å². The summed E-state index contributed by atoms with van der Waals surface area (Å²) in [6.07, 6.45) is 2.96. The van der Waals surface area contributed by atoms with Gasteiger partial charge in [-0.2, -0.15) is 0 Å².